The van der Waals surface area contributed by atoms with E-state index in [1.165, 1.54) is 6.20 Å². The van der Waals surface area contributed by atoms with Gasteiger partial charge in [0.1, 0.15) is 0 Å². The fourth-order valence-corrected chi connectivity index (χ4v) is 2.78. The minimum Gasteiger partial charge on any atom is -0.336 e. The van der Waals surface area contributed by atoms with E-state index in [0.717, 1.165) is 10.2 Å². The Balaban J connectivity index is 1.95. The largest absolute Gasteiger partial charge is 0.336 e. The maximum atomic E-state index is 12.8. The van der Waals surface area contributed by atoms with E-state index >= 15 is 0 Å². The number of nitrogen functional groups attached to an aromatic ring is 1. The van der Waals surface area contributed by atoms with E-state index in [1.54, 1.807) is 29.0 Å². The molecule has 0 radical (unpaired) electrons. The van der Waals surface area contributed by atoms with E-state index in [4.69, 9.17) is 5.84 Å². The number of nitrogens with zero attached hydrogens (tertiary/aromatic N) is 3. The lowest BCUT2D eigenvalue weighted by Gasteiger charge is -2.08. The molecule has 3 heterocycles. The minimum absolute atomic E-state index is 0.183. The second-order valence-corrected chi connectivity index (χ2v) is 5.62. The van der Waals surface area contributed by atoms with Crippen LogP contribution in [0.1, 0.15) is 5.56 Å². The molecule has 0 atom stereocenters. The van der Waals surface area contributed by atoms with E-state index in [9.17, 15) is 9.59 Å². The molecule has 1 aromatic carbocycles. The Kier molecular flexibility index (Phi) is 3.16. The number of benzene rings is 1. The highest BCUT2D eigenvalue weighted by molar-refractivity contribution is 5.91. The van der Waals surface area contributed by atoms with Gasteiger partial charge in [0.2, 0.25) is 0 Å². The lowest BCUT2D eigenvalue weighted by molar-refractivity contribution is 0.767. The summed E-state index contributed by atoms with van der Waals surface area (Å²) in [6.45, 7) is 0.462. The number of hydrogen-bond acceptors (Lipinski definition) is 4. The zero-order valence-corrected chi connectivity index (χ0v) is 12.7. The van der Waals surface area contributed by atoms with Crippen molar-refractivity contribution in [2.45, 2.75) is 6.54 Å². The summed E-state index contributed by atoms with van der Waals surface area (Å²) in [5, 5.41) is 0.742. The van der Waals surface area contributed by atoms with Crippen molar-refractivity contribution in [2.24, 2.45) is 0 Å². The van der Waals surface area contributed by atoms with Gasteiger partial charge in [0.05, 0.1) is 28.4 Å². The Hall–Kier alpha value is -3.41. The van der Waals surface area contributed by atoms with Gasteiger partial charge in [-0.05, 0) is 23.8 Å². The van der Waals surface area contributed by atoms with E-state index in [-0.39, 0.29) is 11.1 Å². The predicted molar refractivity (Wildman–Crippen MR) is 93.5 cm³/mol. The molecule has 3 aromatic heterocycles. The first-order valence-electron chi connectivity index (χ1n) is 7.48. The standard InChI is InChI=1S/C18H14N4O2/c19-22-9-7-16-14(18(22)24)10-13-15(20-16)6-8-21(17(13)23)11-12-4-2-1-3-5-12/h1-10H,11,19H2. The van der Waals surface area contributed by atoms with Gasteiger partial charge in [-0.15, -0.1) is 0 Å². The van der Waals surface area contributed by atoms with Crippen LogP contribution >= 0.6 is 0 Å². The highest BCUT2D eigenvalue weighted by Gasteiger charge is 2.09. The van der Waals surface area contributed by atoms with Gasteiger partial charge in [0.25, 0.3) is 11.1 Å². The Bertz CT molecular complexity index is 1180. The lowest BCUT2D eigenvalue weighted by Crippen LogP contribution is -2.27. The van der Waals surface area contributed by atoms with Crippen LogP contribution in [0, 0.1) is 0 Å². The SMILES string of the molecule is Nn1ccc2nc3ccn(Cc4ccccc4)c(=O)c3cc2c1=O. The monoisotopic (exact) mass is 318 g/mol. The van der Waals surface area contributed by atoms with Gasteiger partial charge >= 0.3 is 0 Å². The molecular formula is C18H14N4O2. The average Bonchev–Trinajstić information content (AvgIpc) is 2.61. The summed E-state index contributed by atoms with van der Waals surface area (Å²) in [4.78, 5) is 29.3. The Morgan fingerprint density at radius 1 is 0.875 bits per heavy atom. The van der Waals surface area contributed by atoms with Gasteiger partial charge in [-0.25, -0.2) is 9.66 Å². The van der Waals surface area contributed by atoms with Crippen molar-refractivity contribution in [2.75, 3.05) is 5.84 Å². The third kappa shape index (κ3) is 2.25. The quantitative estimate of drug-likeness (QED) is 0.448. The lowest BCUT2D eigenvalue weighted by atomic mass is 10.2. The molecule has 2 N–H and O–H groups in total. The molecule has 4 rings (SSSR count). The minimum atomic E-state index is -0.375. The zero-order chi connectivity index (χ0) is 16.7. The maximum Gasteiger partial charge on any atom is 0.278 e. The van der Waals surface area contributed by atoms with Crippen molar-refractivity contribution in [1.29, 1.82) is 0 Å². The molecule has 0 aliphatic carbocycles. The van der Waals surface area contributed by atoms with E-state index in [2.05, 4.69) is 4.98 Å². The topological polar surface area (TPSA) is 82.9 Å². The van der Waals surface area contributed by atoms with Crippen molar-refractivity contribution in [3.63, 3.8) is 0 Å². The van der Waals surface area contributed by atoms with Gasteiger partial charge in [-0.1, -0.05) is 30.3 Å². The summed E-state index contributed by atoms with van der Waals surface area (Å²) in [7, 11) is 0. The molecule has 0 saturated carbocycles. The Morgan fingerprint density at radius 3 is 2.29 bits per heavy atom. The highest BCUT2D eigenvalue weighted by atomic mass is 16.1. The fourth-order valence-electron chi connectivity index (χ4n) is 2.78. The van der Waals surface area contributed by atoms with Crippen molar-refractivity contribution >= 4 is 21.8 Å². The molecule has 0 amide bonds. The fraction of sp³-hybridized carbons (Fsp3) is 0.0556. The average molecular weight is 318 g/mol. The van der Waals surface area contributed by atoms with Gasteiger partial charge < -0.3 is 10.4 Å². The Morgan fingerprint density at radius 2 is 1.54 bits per heavy atom. The number of aromatic nitrogens is 3. The molecule has 0 spiro atoms. The van der Waals surface area contributed by atoms with Crippen LogP contribution in [0.3, 0.4) is 0 Å². The van der Waals surface area contributed by atoms with Crippen molar-refractivity contribution in [1.82, 2.24) is 14.2 Å². The molecule has 118 valence electrons. The van der Waals surface area contributed by atoms with Crippen LogP contribution in [0.25, 0.3) is 21.8 Å². The normalized spacial score (nSPS) is 11.2. The third-order valence-corrected chi connectivity index (χ3v) is 4.04. The van der Waals surface area contributed by atoms with Crippen LogP contribution in [0.4, 0.5) is 0 Å². The summed E-state index contributed by atoms with van der Waals surface area (Å²) in [5.74, 6) is 5.59. The first kappa shape index (κ1) is 14.2. The molecule has 0 aliphatic rings. The maximum absolute atomic E-state index is 12.8. The summed E-state index contributed by atoms with van der Waals surface area (Å²) < 4.78 is 2.59. The summed E-state index contributed by atoms with van der Waals surface area (Å²) in [6.07, 6.45) is 3.18. The molecule has 0 saturated heterocycles. The van der Waals surface area contributed by atoms with Gasteiger partial charge in [-0.2, -0.15) is 0 Å². The second-order valence-electron chi connectivity index (χ2n) is 5.62. The van der Waals surface area contributed by atoms with Gasteiger partial charge in [0, 0.05) is 12.4 Å². The summed E-state index contributed by atoms with van der Waals surface area (Å²) in [6, 6.07) is 14.7. The first-order chi connectivity index (χ1) is 11.6. The van der Waals surface area contributed by atoms with Crippen LogP contribution in [0.2, 0.25) is 0 Å². The Labute approximate surface area is 136 Å². The van der Waals surface area contributed by atoms with Crippen LogP contribution in [-0.2, 0) is 6.54 Å². The third-order valence-electron chi connectivity index (χ3n) is 4.04. The van der Waals surface area contributed by atoms with E-state index in [0.29, 0.717) is 28.4 Å². The van der Waals surface area contributed by atoms with E-state index < -0.39 is 0 Å². The zero-order valence-electron chi connectivity index (χ0n) is 12.7. The van der Waals surface area contributed by atoms with Crippen LogP contribution in [0.5, 0.6) is 0 Å². The van der Waals surface area contributed by atoms with Crippen molar-refractivity contribution in [3.05, 3.63) is 87.2 Å². The number of fused-ring (bicyclic) bond motifs is 2. The number of nitrogens with two attached hydrogens (primary N) is 1. The van der Waals surface area contributed by atoms with Crippen molar-refractivity contribution in [3.8, 4) is 0 Å². The van der Waals surface area contributed by atoms with E-state index in [1.807, 2.05) is 30.3 Å². The summed E-state index contributed by atoms with van der Waals surface area (Å²) in [5.41, 5.74) is 1.55. The number of pyridine rings is 3. The molecule has 0 bridgehead atoms. The molecule has 6 heteroatoms. The first-order valence-corrected chi connectivity index (χ1v) is 7.48. The smallest absolute Gasteiger partial charge is 0.278 e. The van der Waals surface area contributed by atoms with Crippen molar-refractivity contribution < 1.29 is 0 Å². The summed E-state index contributed by atoms with van der Waals surface area (Å²) >= 11 is 0. The molecule has 4 aromatic rings. The molecule has 6 nitrogen and oxygen atoms in total. The van der Waals surface area contributed by atoms with Crippen LogP contribution in [0.15, 0.2) is 70.5 Å². The number of rotatable bonds is 2. The number of hydrogen-bond donors (Lipinski definition) is 1. The second kappa shape index (κ2) is 5.34. The predicted octanol–water partition coefficient (Wildman–Crippen LogP) is 1.47. The molecule has 0 unspecified atom stereocenters. The molecular weight excluding hydrogens is 304 g/mol. The van der Waals surface area contributed by atoms with Gasteiger partial charge in [-0.3, -0.25) is 9.59 Å². The highest BCUT2D eigenvalue weighted by Crippen LogP contribution is 2.14. The molecule has 24 heavy (non-hydrogen) atoms. The molecule has 0 fully saturated rings. The molecule has 0 aliphatic heterocycles. The van der Waals surface area contributed by atoms with Gasteiger partial charge in [0.15, 0.2) is 0 Å². The van der Waals surface area contributed by atoms with Crippen LogP contribution < -0.4 is 17.0 Å². The van der Waals surface area contributed by atoms with Crippen LogP contribution in [-0.4, -0.2) is 14.2 Å².